The van der Waals surface area contributed by atoms with E-state index in [2.05, 4.69) is 9.88 Å². The number of anilines is 1. The number of piperazine rings is 1. The van der Waals surface area contributed by atoms with Crippen molar-refractivity contribution in [2.75, 3.05) is 44.2 Å². The van der Waals surface area contributed by atoms with Crippen LogP contribution in [0.3, 0.4) is 0 Å². The summed E-state index contributed by atoms with van der Waals surface area (Å²) in [5, 5.41) is 0. The van der Waals surface area contributed by atoms with Crippen LogP contribution in [0.5, 0.6) is 0 Å². The molecule has 0 radical (unpaired) electrons. The van der Waals surface area contributed by atoms with Crippen LogP contribution >= 0.6 is 0 Å². The Morgan fingerprint density at radius 1 is 0.929 bits per heavy atom. The van der Waals surface area contributed by atoms with Gasteiger partial charge in [-0.25, -0.2) is 9.97 Å². The van der Waals surface area contributed by atoms with E-state index in [1.54, 1.807) is 8.61 Å². The largest absolute Gasteiger partial charge is 0.373 e. The highest BCUT2D eigenvalue weighted by atomic mass is 32.2. The maximum Gasteiger partial charge on any atom is 0.282 e. The van der Waals surface area contributed by atoms with Crippen LogP contribution in [0.25, 0.3) is 11.0 Å². The fraction of sp³-hybridized carbons (Fsp3) is 0.579. The van der Waals surface area contributed by atoms with Gasteiger partial charge >= 0.3 is 0 Å². The Labute approximate surface area is 166 Å². The molecule has 0 bridgehead atoms. The first-order valence-electron chi connectivity index (χ1n) is 9.73. The molecule has 2 fully saturated rings. The molecular formula is C19H27N5O3S. The normalized spacial score (nSPS) is 25.3. The van der Waals surface area contributed by atoms with E-state index in [0.29, 0.717) is 39.3 Å². The Bertz CT molecular complexity index is 949. The van der Waals surface area contributed by atoms with Crippen LogP contribution in [-0.4, -0.2) is 78.5 Å². The second-order valence-corrected chi connectivity index (χ2v) is 9.52. The van der Waals surface area contributed by atoms with E-state index in [1.165, 1.54) is 0 Å². The number of ether oxygens (including phenoxy) is 1. The minimum atomic E-state index is -3.48. The Balaban J connectivity index is 1.48. The van der Waals surface area contributed by atoms with Gasteiger partial charge in [-0.15, -0.1) is 0 Å². The standard InChI is InChI=1S/C19H27N5O3S/c1-14-12-24(13-15(2)27-14)28(25,26)23-10-8-22(9-11-23)19-16(3)20-17-6-4-5-7-18(17)21-19/h4-7,14-15H,8-13H2,1-3H3/t14-,15-/m1/s1. The summed E-state index contributed by atoms with van der Waals surface area (Å²) in [4.78, 5) is 11.5. The summed E-state index contributed by atoms with van der Waals surface area (Å²) in [5.41, 5.74) is 2.60. The highest BCUT2D eigenvalue weighted by Crippen LogP contribution is 2.23. The summed E-state index contributed by atoms with van der Waals surface area (Å²) in [5.74, 6) is 0.837. The van der Waals surface area contributed by atoms with Crippen LogP contribution in [0.15, 0.2) is 24.3 Å². The van der Waals surface area contributed by atoms with Crippen molar-refractivity contribution >= 4 is 27.1 Å². The van der Waals surface area contributed by atoms with E-state index >= 15 is 0 Å². The molecule has 0 amide bonds. The van der Waals surface area contributed by atoms with Crippen LogP contribution in [-0.2, 0) is 14.9 Å². The van der Waals surface area contributed by atoms with Gasteiger partial charge in [0.25, 0.3) is 10.2 Å². The number of aryl methyl sites for hydroxylation is 1. The summed E-state index contributed by atoms with van der Waals surface area (Å²) in [6.07, 6.45) is -0.175. The summed E-state index contributed by atoms with van der Waals surface area (Å²) in [7, 11) is -3.48. The quantitative estimate of drug-likeness (QED) is 0.768. The van der Waals surface area contributed by atoms with E-state index in [1.807, 2.05) is 45.0 Å². The molecule has 2 saturated heterocycles. The minimum Gasteiger partial charge on any atom is -0.373 e. The molecule has 4 rings (SSSR count). The highest BCUT2D eigenvalue weighted by molar-refractivity contribution is 7.86. The molecule has 0 unspecified atom stereocenters. The first-order chi connectivity index (χ1) is 13.3. The zero-order valence-electron chi connectivity index (χ0n) is 16.6. The zero-order valence-corrected chi connectivity index (χ0v) is 17.4. The summed E-state index contributed by atoms with van der Waals surface area (Å²) < 4.78 is 34.9. The van der Waals surface area contributed by atoms with Crippen LogP contribution < -0.4 is 4.90 Å². The van der Waals surface area contributed by atoms with Crippen molar-refractivity contribution in [1.29, 1.82) is 0 Å². The number of nitrogens with zero attached hydrogens (tertiary/aromatic N) is 5. The number of rotatable bonds is 3. The van der Waals surface area contributed by atoms with Crippen molar-refractivity contribution in [3.63, 3.8) is 0 Å². The third kappa shape index (κ3) is 3.71. The predicted molar refractivity (Wildman–Crippen MR) is 109 cm³/mol. The molecule has 2 aliphatic heterocycles. The van der Waals surface area contributed by atoms with Gasteiger partial charge in [-0.2, -0.15) is 17.0 Å². The molecule has 9 heteroatoms. The van der Waals surface area contributed by atoms with Gasteiger partial charge in [-0.05, 0) is 32.9 Å². The third-order valence-electron chi connectivity index (χ3n) is 5.30. The van der Waals surface area contributed by atoms with Crippen molar-refractivity contribution in [2.45, 2.75) is 33.0 Å². The molecule has 2 aliphatic rings. The monoisotopic (exact) mass is 405 g/mol. The summed E-state index contributed by atoms with van der Waals surface area (Å²) >= 11 is 0. The second kappa shape index (κ2) is 7.55. The van der Waals surface area contributed by atoms with Gasteiger partial charge < -0.3 is 9.64 Å². The Hall–Kier alpha value is -1.81. The van der Waals surface area contributed by atoms with Crippen LogP contribution in [0.4, 0.5) is 5.82 Å². The maximum atomic E-state index is 13.1. The number of morpholine rings is 1. The van der Waals surface area contributed by atoms with Gasteiger partial charge in [0.15, 0.2) is 5.82 Å². The number of hydrogen-bond acceptors (Lipinski definition) is 6. The average Bonchev–Trinajstić information content (AvgIpc) is 2.67. The fourth-order valence-corrected chi connectivity index (χ4v) is 5.74. The molecule has 0 aliphatic carbocycles. The average molecular weight is 406 g/mol. The second-order valence-electron chi connectivity index (χ2n) is 7.59. The van der Waals surface area contributed by atoms with Gasteiger partial charge in [-0.1, -0.05) is 12.1 Å². The van der Waals surface area contributed by atoms with E-state index in [4.69, 9.17) is 9.72 Å². The van der Waals surface area contributed by atoms with Gasteiger partial charge in [0.1, 0.15) is 0 Å². The lowest BCUT2D eigenvalue weighted by atomic mass is 10.2. The molecule has 3 heterocycles. The van der Waals surface area contributed by atoms with Gasteiger partial charge in [0.2, 0.25) is 0 Å². The van der Waals surface area contributed by atoms with Gasteiger partial charge in [-0.3, -0.25) is 0 Å². The Morgan fingerprint density at radius 3 is 2.11 bits per heavy atom. The lowest BCUT2D eigenvalue weighted by molar-refractivity contribution is -0.0455. The number of para-hydroxylation sites is 2. The lowest BCUT2D eigenvalue weighted by Gasteiger charge is -2.40. The molecule has 0 N–H and O–H groups in total. The molecule has 0 saturated carbocycles. The lowest BCUT2D eigenvalue weighted by Crippen LogP contribution is -2.57. The number of hydrogen-bond donors (Lipinski definition) is 0. The van der Waals surface area contributed by atoms with E-state index in [0.717, 1.165) is 22.5 Å². The molecule has 2 aromatic rings. The topological polar surface area (TPSA) is 78.9 Å². The Kier molecular flexibility index (Phi) is 5.26. The van der Waals surface area contributed by atoms with Crippen molar-refractivity contribution < 1.29 is 13.2 Å². The number of fused-ring (bicyclic) bond motifs is 1. The predicted octanol–water partition coefficient (Wildman–Crippen LogP) is 1.41. The maximum absolute atomic E-state index is 13.1. The Morgan fingerprint density at radius 2 is 1.50 bits per heavy atom. The SMILES string of the molecule is Cc1nc2ccccc2nc1N1CCN(S(=O)(=O)N2C[C@@H](C)O[C@H](C)C2)CC1. The van der Waals surface area contributed by atoms with Crippen molar-refractivity contribution in [1.82, 2.24) is 18.6 Å². The van der Waals surface area contributed by atoms with Gasteiger partial charge in [0, 0.05) is 39.3 Å². The first kappa shape index (κ1) is 19.5. The molecule has 152 valence electrons. The fourth-order valence-electron chi connectivity index (χ4n) is 3.99. The molecule has 28 heavy (non-hydrogen) atoms. The molecule has 1 aromatic heterocycles. The van der Waals surface area contributed by atoms with Crippen LogP contribution in [0.1, 0.15) is 19.5 Å². The molecule has 1 aromatic carbocycles. The van der Waals surface area contributed by atoms with Crippen LogP contribution in [0, 0.1) is 6.92 Å². The smallest absolute Gasteiger partial charge is 0.282 e. The zero-order chi connectivity index (χ0) is 19.9. The van der Waals surface area contributed by atoms with E-state index < -0.39 is 10.2 Å². The van der Waals surface area contributed by atoms with E-state index in [-0.39, 0.29) is 12.2 Å². The highest BCUT2D eigenvalue weighted by Gasteiger charge is 2.37. The van der Waals surface area contributed by atoms with Crippen molar-refractivity contribution in [3.8, 4) is 0 Å². The number of benzene rings is 1. The molecular weight excluding hydrogens is 378 g/mol. The van der Waals surface area contributed by atoms with E-state index in [9.17, 15) is 8.42 Å². The van der Waals surface area contributed by atoms with Crippen molar-refractivity contribution in [3.05, 3.63) is 30.0 Å². The molecule has 2 atom stereocenters. The summed E-state index contributed by atoms with van der Waals surface area (Å²) in [6, 6.07) is 7.80. The minimum absolute atomic E-state index is 0.0877. The van der Waals surface area contributed by atoms with Gasteiger partial charge in [0.05, 0.1) is 28.9 Å². The molecule has 0 spiro atoms. The first-order valence-corrected chi connectivity index (χ1v) is 11.1. The van der Waals surface area contributed by atoms with Crippen LogP contribution in [0.2, 0.25) is 0 Å². The third-order valence-corrected chi connectivity index (χ3v) is 7.27. The number of aromatic nitrogens is 2. The summed E-state index contributed by atoms with van der Waals surface area (Å²) in [6.45, 7) is 8.67. The van der Waals surface area contributed by atoms with Crippen molar-refractivity contribution in [2.24, 2.45) is 0 Å². The molecule has 8 nitrogen and oxygen atoms in total.